The van der Waals surface area contributed by atoms with E-state index in [0.29, 0.717) is 13.2 Å². The summed E-state index contributed by atoms with van der Waals surface area (Å²) >= 11 is 0. The van der Waals surface area contributed by atoms with E-state index >= 15 is 0 Å². The van der Waals surface area contributed by atoms with E-state index in [1.807, 2.05) is 6.92 Å². The zero-order chi connectivity index (χ0) is 13.8. The number of likely N-dealkylation sites (N-methyl/N-ethyl adjacent to an activating group) is 1. The van der Waals surface area contributed by atoms with Crippen molar-refractivity contribution in [1.82, 2.24) is 4.90 Å². The monoisotopic (exact) mass is 269 g/mol. The topological polar surface area (TPSA) is 29.5 Å². The molecule has 3 nitrogen and oxygen atoms in total. The van der Waals surface area contributed by atoms with Crippen LogP contribution in [0.5, 0.6) is 0 Å². The molecule has 1 aliphatic rings. The average molecular weight is 269 g/mol. The number of halogens is 2. The molecule has 0 radical (unpaired) electrons. The molecule has 1 heterocycles. The second-order valence-electron chi connectivity index (χ2n) is 4.60. The first-order valence-electron chi connectivity index (χ1n) is 6.41. The second-order valence-corrected chi connectivity index (χ2v) is 4.60. The maximum absolute atomic E-state index is 13.5. The van der Waals surface area contributed by atoms with Crippen molar-refractivity contribution in [3.8, 4) is 0 Å². The molecular weight excluding hydrogens is 252 g/mol. The molecule has 1 saturated heterocycles. The molecule has 0 bridgehead atoms. The van der Waals surface area contributed by atoms with Gasteiger partial charge in [-0.3, -0.25) is 9.69 Å². The lowest BCUT2D eigenvalue weighted by Gasteiger charge is -2.31. The minimum atomic E-state index is -0.684. The molecule has 5 heteroatoms. The summed E-state index contributed by atoms with van der Waals surface area (Å²) in [4.78, 5) is 14.1. The third-order valence-electron chi connectivity index (χ3n) is 3.37. The molecule has 0 aliphatic carbocycles. The number of carbonyl (C=O) groups is 1. The fraction of sp³-hybridized carbons (Fsp3) is 0.500. The molecule has 0 saturated carbocycles. The van der Waals surface area contributed by atoms with Crippen LogP contribution in [0, 0.1) is 11.6 Å². The Hall–Kier alpha value is -1.33. The second kappa shape index (κ2) is 6.21. The highest BCUT2D eigenvalue weighted by atomic mass is 19.1. The molecule has 0 N–H and O–H groups in total. The zero-order valence-corrected chi connectivity index (χ0v) is 10.9. The number of ketones is 1. The zero-order valence-electron chi connectivity index (χ0n) is 10.9. The normalized spacial score (nSPS) is 20.5. The lowest BCUT2D eigenvalue weighted by molar-refractivity contribution is -0.135. The maximum Gasteiger partial charge on any atom is 0.167 e. The Morgan fingerprint density at radius 1 is 1.42 bits per heavy atom. The number of rotatable bonds is 4. The Labute approximate surface area is 111 Å². The molecule has 19 heavy (non-hydrogen) atoms. The smallest absolute Gasteiger partial charge is 0.167 e. The van der Waals surface area contributed by atoms with Gasteiger partial charge in [-0.15, -0.1) is 0 Å². The van der Waals surface area contributed by atoms with Crippen molar-refractivity contribution in [3.63, 3.8) is 0 Å². The highest BCUT2D eigenvalue weighted by Gasteiger charge is 2.27. The predicted molar refractivity (Wildman–Crippen MR) is 66.9 cm³/mol. The van der Waals surface area contributed by atoms with Crippen LogP contribution < -0.4 is 0 Å². The molecule has 1 atom stereocenters. The first kappa shape index (κ1) is 14.1. The molecule has 0 aromatic heterocycles. The molecule has 1 aromatic rings. The van der Waals surface area contributed by atoms with Gasteiger partial charge in [-0.25, -0.2) is 8.78 Å². The van der Waals surface area contributed by atoms with E-state index in [0.717, 1.165) is 25.2 Å². The van der Waals surface area contributed by atoms with Crippen LogP contribution in [-0.2, 0) is 16.0 Å². The van der Waals surface area contributed by atoms with Gasteiger partial charge < -0.3 is 4.74 Å². The molecule has 1 aromatic carbocycles. The van der Waals surface area contributed by atoms with E-state index in [4.69, 9.17) is 4.74 Å². The van der Waals surface area contributed by atoms with Gasteiger partial charge in [0.05, 0.1) is 6.61 Å². The summed E-state index contributed by atoms with van der Waals surface area (Å²) in [7, 11) is 0. The average Bonchev–Trinajstić information content (AvgIpc) is 2.43. The summed E-state index contributed by atoms with van der Waals surface area (Å²) in [6, 6.07) is 3.60. The molecule has 2 rings (SSSR count). The van der Waals surface area contributed by atoms with Crippen LogP contribution in [0.4, 0.5) is 8.78 Å². The van der Waals surface area contributed by atoms with Gasteiger partial charge in [0, 0.05) is 25.1 Å². The number of benzene rings is 1. The number of hydrogen-bond donors (Lipinski definition) is 0. The minimum absolute atomic E-state index is 0.176. The van der Waals surface area contributed by atoms with E-state index in [2.05, 4.69) is 4.90 Å². The number of hydrogen-bond acceptors (Lipinski definition) is 3. The van der Waals surface area contributed by atoms with Crippen molar-refractivity contribution < 1.29 is 18.3 Å². The van der Waals surface area contributed by atoms with Gasteiger partial charge in [-0.05, 0) is 18.7 Å². The lowest BCUT2D eigenvalue weighted by Crippen LogP contribution is -2.46. The number of ether oxygens (including phenoxy) is 1. The third-order valence-corrected chi connectivity index (χ3v) is 3.37. The van der Waals surface area contributed by atoms with Gasteiger partial charge in [-0.1, -0.05) is 13.0 Å². The standard InChI is InChI=1S/C14H17F2NO2/c1-2-17-6-7-19-14(9-17)13(18)8-10-11(15)4-3-5-12(10)16/h3-5,14H,2,6-9H2,1H3. The van der Waals surface area contributed by atoms with Crippen LogP contribution in [0.15, 0.2) is 18.2 Å². The first-order chi connectivity index (χ1) is 9.11. The Kier molecular flexibility index (Phi) is 4.61. The van der Waals surface area contributed by atoms with Gasteiger partial charge in [0.2, 0.25) is 0 Å². The quantitative estimate of drug-likeness (QED) is 0.834. The SMILES string of the molecule is CCN1CCOC(C(=O)Cc2c(F)cccc2F)C1. The van der Waals surface area contributed by atoms with Crippen molar-refractivity contribution in [1.29, 1.82) is 0 Å². The van der Waals surface area contributed by atoms with Crippen LogP contribution in [0.2, 0.25) is 0 Å². The largest absolute Gasteiger partial charge is 0.368 e. The van der Waals surface area contributed by atoms with Crippen LogP contribution in [0.1, 0.15) is 12.5 Å². The Morgan fingerprint density at radius 2 is 2.11 bits per heavy atom. The van der Waals surface area contributed by atoms with Crippen LogP contribution in [-0.4, -0.2) is 43.0 Å². The van der Waals surface area contributed by atoms with Crippen LogP contribution in [0.3, 0.4) is 0 Å². The van der Waals surface area contributed by atoms with E-state index in [9.17, 15) is 13.6 Å². The minimum Gasteiger partial charge on any atom is -0.368 e. The summed E-state index contributed by atoms with van der Waals surface area (Å²) in [6.07, 6.45) is -0.853. The van der Waals surface area contributed by atoms with Crippen molar-refractivity contribution in [2.75, 3.05) is 26.2 Å². The Balaban J connectivity index is 2.04. The fourth-order valence-corrected chi connectivity index (χ4v) is 2.17. The predicted octanol–water partition coefficient (Wildman–Crippen LogP) is 1.80. The number of morpholine rings is 1. The van der Waals surface area contributed by atoms with Gasteiger partial charge >= 0.3 is 0 Å². The lowest BCUT2D eigenvalue weighted by atomic mass is 10.0. The van der Waals surface area contributed by atoms with E-state index in [1.165, 1.54) is 6.07 Å². The van der Waals surface area contributed by atoms with Gasteiger partial charge in [0.1, 0.15) is 17.7 Å². The summed E-state index contributed by atoms with van der Waals surface area (Å²) in [5, 5.41) is 0. The van der Waals surface area contributed by atoms with E-state index in [-0.39, 0.29) is 17.8 Å². The fourth-order valence-electron chi connectivity index (χ4n) is 2.17. The summed E-state index contributed by atoms with van der Waals surface area (Å²) in [5.41, 5.74) is -0.176. The van der Waals surface area contributed by atoms with Crippen molar-refractivity contribution in [3.05, 3.63) is 35.4 Å². The molecule has 0 amide bonds. The highest BCUT2D eigenvalue weighted by Crippen LogP contribution is 2.15. The van der Waals surface area contributed by atoms with Crippen LogP contribution >= 0.6 is 0 Å². The number of Topliss-reactive ketones (excluding diaryl/α,β-unsaturated/α-hetero) is 1. The van der Waals surface area contributed by atoms with Gasteiger partial charge in [0.25, 0.3) is 0 Å². The van der Waals surface area contributed by atoms with Crippen molar-refractivity contribution in [2.24, 2.45) is 0 Å². The maximum atomic E-state index is 13.5. The summed E-state index contributed by atoms with van der Waals surface area (Å²) < 4.78 is 32.3. The third kappa shape index (κ3) is 3.36. The Bertz CT molecular complexity index is 445. The number of carbonyl (C=O) groups excluding carboxylic acids is 1. The van der Waals surface area contributed by atoms with E-state index in [1.54, 1.807) is 0 Å². The molecule has 0 spiro atoms. The van der Waals surface area contributed by atoms with Gasteiger partial charge in [-0.2, -0.15) is 0 Å². The molecule has 1 fully saturated rings. The first-order valence-corrected chi connectivity index (χ1v) is 6.41. The molecular formula is C14H17F2NO2. The van der Waals surface area contributed by atoms with Crippen molar-refractivity contribution in [2.45, 2.75) is 19.4 Å². The molecule has 1 aliphatic heterocycles. The highest BCUT2D eigenvalue weighted by molar-refractivity contribution is 5.85. The summed E-state index contributed by atoms with van der Waals surface area (Å²) in [5.74, 6) is -1.64. The van der Waals surface area contributed by atoms with Crippen molar-refractivity contribution >= 4 is 5.78 Å². The number of nitrogens with zero attached hydrogens (tertiary/aromatic N) is 1. The molecule has 104 valence electrons. The molecule has 1 unspecified atom stereocenters. The van der Waals surface area contributed by atoms with Crippen LogP contribution in [0.25, 0.3) is 0 Å². The summed E-state index contributed by atoms with van der Waals surface area (Å²) in [6.45, 7) is 4.59. The van der Waals surface area contributed by atoms with Gasteiger partial charge in [0.15, 0.2) is 5.78 Å². The van der Waals surface area contributed by atoms with E-state index < -0.39 is 17.7 Å². The Morgan fingerprint density at radius 3 is 2.74 bits per heavy atom.